The normalized spacial score (nSPS) is 18.9. The number of ketones is 2. The smallest absolute Gasteiger partial charge is 0.186 e. The molecule has 0 saturated heterocycles. The average Bonchev–Trinajstić information content (AvgIpc) is 3.26. The van der Waals surface area contributed by atoms with Crippen LogP contribution < -0.4 is 0 Å². The van der Waals surface area contributed by atoms with Gasteiger partial charge in [0.05, 0.1) is 0 Å². The third kappa shape index (κ3) is 2.28. The van der Waals surface area contributed by atoms with E-state index in [1.807, 2.05) is 84.9 Å². The molecule has 1 atom stereocenters. The fourth-order valence-corrected chi connectivity index (χ4v) is 5.24. The van der Waals surface area contributed by atoms with E-state index in [-0.39, 0.29) is 22.7 Å². The Hall–Kier alpha value is -4.11. The number of fused-ring (bicyclic) bond motifs is 3. The van der Waals surface area contributed by atoms with Gasteiger partial charge in [0.1, 0.15) is 11.2 Å². The third-order valence-corrected chi connectivity index (χ3v) is 6.50. The van der Waals surface area contributed by atoms with E-state index in [1.54, 1.807) is 0 Å². The minimum atomic E-state index is -1.53. The van der Waals surface area contributed by atoms with Crippen LogP contribution in [0.15, 0.2) is 103 Å². The maximum absolute atomic E-state index is 14.1. The van der Waals surface area contributed by atoms with E-state index in [2.05, 4.69) is 0 Å². The van der Waals surface area contributed by atoms with Crippen molar-refractivity contribution >= 4 is 22.7 Å². The summed E-state index contributed by atoms with van der Waals surface area (Å²) < 4.78 is 14.1. The zero-order chi connectivity index (χ0) is 21.9. The molecule has 0 saturated carbocycles. The molecule has 0 fully saturated rings. The molecule has 2 aliphatic rings. The Morgan fingerprint density at radius 2 is 1.16 bits per heavy atom. The lowest BCUT2D eigenvalue weighted by Crippen LogP contribution is -2.38. The van der Waals surface area contributed by atoms with Gasteiger partial charge in [-0.1, -0.05) is 84.9 Å². The van der Waals surface area contributed by atoms with Gasteiger partial charge in [-0.25, -0.2) is 4.39 Å². The van der Waals surface area contributed by atoms with Crippen LogP contribution in [-0.2, 0) is 5.41 Å². The number of hydrogen-bond donors (Lipinski definition) is 0. The molecule has 2 nitrogen and oxygen atoms in total. The second kappa shape index (κ2) is 6.69. The molecule has 0 heterocycles. The minimum Gasteiger partial charge on any atom is -0.292 e. The lowest BCUT2D eigenvalue weighted by Gasteiger charge is -2.26. The predicted molar refractivity (Wildman–Crippen MR) is 122 cm³/mol. The van der Waals surface area contributed by atoms with Crippen LogP contribution in [0.1, 0.15) is 43.0 Å². The zero-order valence-electron chi connectivity index (χ0n) is 17.0. The fraction of sp³-hybridized carbons (Fsp3) is 0.0345. The Kier molecular flexibility index (Phi) is 3.90. The van der Waals surface area contributed by atoms with Crippen LogP contribution in [0.5, 0.6) is 0 Å². The minimum absolute atomic E-state index is 0.146. The van der Waals surface area contributed by atoms with Gasteiger partial charge in [0.25, 0.3) is 0 Å². The first-order valence-electron chi connectivity index (χ1n) is 10.5. The average molecular weight is 416 g/mol. The standard InChI is InChI=1S/C29H17FO2/c30-20-15-16-21-23(17-20)28(32)29(27(21)31)24-14-8-7-13-22(24)25(18-9-3-1-4-10-18)26(29)19-11-5-2-6-12-19/h1-17H/t29-/m1/s1. The Bertz CT molecular complexity index is 1450. The van der Waals surface area contributed by atoms with E-state index in [0.717, 1.165) is 22.3 Å². The van der Waals surface area contributed by atoms with Crippen molar-refractivity contribution in [3.05, 3.63) is 142 Å². The number of carbonyl (C=O) groups excluding carboxylic acids is 2. The van der Waals surface area contributed by atoms with Crippen molar-refractivity contribution in [1.29, 1.82) is 0 Å². The fourth-order valence-electron chi connectivity index (χ4n) is 5.24. The number of benzene rings is 4. The zero-order valence-corrected chi connectivity index (χ0v) is 17.0. The Morgan fingerprint density at radius 1 is 0.562 bits per heavy atom. The molecule has 1 spiro atoms. The Morgan fingerprint density at radius 3 is 1.88 bits per heavy atom. The first-order valence-corrected chi connectivity index (χ1v) is 10.5. The van der Waals surface area contributed by atoms with E-state index in [0.29, 0.717) is 11.1 Å². The monoisotopic (exact) mass is 416 g/mol. The van der Waals surface area contributed by atoms with Crippen molar-refractivity contribution in [1.82, 2.24) is 0 Å². The summed E-state index contributed by atoms with van der Waals surface area (Å²) in [6, 6.07) is 30.8. The van der Waals surface area contributed by atoms with Gasteiger partial charge in [-0.15, -0.1) is 0 Å². The number of hydrogen-bond acceptors (Lipinski definition) is 2. The second-order valence-electron chi connectivity index (χ2n) is 8.13. The Labute approximate surface area is 184 Å². The molecule has 0 bridgehead atoms. The first kappa shape index (κ1) is 18.6. The van der Waals surface area contributed by atoms with Crippen molar-refractivity contribution in [2.24, 2.45) is 0 Å². The van der Waals surface area contributed by atoms with E-state index < -0.39 is 11.2 Å². The van der Waals surface area contributed by atoms with E-state index >= 15 is 0 Å². The summed E-state index contributed by atoms with van der Waals surface area (Å²) in [6.45, 7) is 0. The molecular weight excluding hydrogens is 399 g/mol. The van der Waals surface area contributed by atoms with Gasteiger partial charge >= 0.3 is 0 Å². The molecule has 0 amide bonds. The summed E-state index contributed by atoms with van der Waals surface area (Å²) in [5, 5.41) is 0. The molecule has 3 heteroatoms. The van der Waals surface area contributed by atoms with Crippen molar-refractivity contribution in [3.8, 4) is 0 Å². The molecule has 0 N–H and O–H groups in total. The summed E-state index contributed by atoms with van der Waals surface area (Å²) >= 11 is 0. The summed E-state index contributed by atoms with van der Waals surface area (Å²) in [5.41, 5.74) is 3.66. The van der Waals surface area contributed by atoms with E-state index in [4.69, 9.17) is 0 Å². The number of allylic oxidation sites excluding steroid dienone is 1. The quantitative estimate of drug-likeness (QED) is 0.369. The first-order chi connectivity index (χ1) is 15.6. The summed E-state index contributed by atoms with van der Waals surface area (Å²) in [7, 11) is 0. The van der Waals surface area contributed by atoms with Crippen LogP contribution in [0.2, 0.25) is 0 Å². The highest BCUT2D eigenvalue weighted by molar-refractivity contribution is 6.43. The Balaban J connectivity index is 1.78. The molecule has 0 aliphatic heterocycles. The molecule has 4 aromatic carbocycles. The van der Waals surface area contributed by atoms with Gasteiger partial charge < -0.3 is 0 Å². The number of Topliss-reactive ketones (excluding diaryl/α,β-unsaturated/α-hetero) is 2. The maximum atomic E-state index is 14.1. The molecular formula is C29H17FO2. The molecule has 6 rings (SSSR count). The summed E-state index contributed by atoms with van der Waals surface area (Å²) in [5.74, 6) is -1.19. The number of carbonyl (C=O) groups is 2. The maximum Gasteiger partial charge on any atom is 0.186 e. The van der Waals surface area contributed by atoms with Crippen molar-refractivity contribution in [3.63, 3.8) is 0 Å². The highest BCUT2D eigenvalue weighted by atomic mass is 19.1. The number of halogens is 1. The van der Waals surface area contributed by atoms with Crippen LogP contribution in [0.25, 0.3) is 11.1 Å². The van der Waals surface area contributed by atoms with Gasteiger partial charge in [-0.05, 0) is 51.6 Å². The number of rotatable bonds is 2. The molecule has 2 aliphatic carbocycles. The predicted octanol–water partition coefficient (Wildman–Crippen LogP) is 6.12. The van der Waals surface area contributed by atoms with Gasteiger partial charge in [0, 0.05) is 11.1 Å². The second-order valence-corrected chi connectivity index (χ2v) is 8.13. The van der Waals surface area contributed by atoms with Crippen LogP contribution in [-0.4, -0.2) is 11.6 Å². The molecule has 32 heavy (non-hydrogen) atoms. The topological polar surface area (TPSA) is 34.1 Å². The lowest BCUT2D eigenvalue weighted by molar-refractivity contribution is 0.0845. The molecule has 152 valence electrons. The summed E-state index contributed by atoms with van der Waals surface area (Å²) in [6.07, 6.45) is 0. The van der Waals surface area contributed by atoms with E-state index in [9.17, 15) is 14.0 Å². The highest BCUT2D eigenvalue weighted by Crippen LogP contribution is 2.58. The van der Waals surface area contributed by atoms with E-state index in [1.165, 1.54) is 18.2 Å². The van der Waals surface area contributed by atoms with Gasteiger partial charge in [-0.2, -0.15) is 0 Å². The van der Waals surface area contributed by atoms with Crippen molar-refractivity contribution < 1.29 is 14.0 Å². The van der Waals surface area contributed by atoms with Crippen LogP contribution in [0.3, 0.4) is 0 Å². The third-order valence-electron chi connectivity index (χ3n) is 6.50. The van der Waals surface area contributed by atoms with Gasteiger partial charge in [0.15, 0.2) is 11.6 Å². The summed E-state index contributed by atoms with van der Waals surface area (Å²) in [4.78, 5) is 28.2. The molecule has 0 aromatic heterocycles. The highest BCUT2D eigenvalue weighted by Gasteiger charge is 2.61. The molecule has 0 radical (unpaired) electrons. The van der Waals surface area contributed by atoms with Gasteiger partial charge in [0.2, 0.25) is 0 Å². The van der Waals surface area contributed by atoms with Crippen molar-refractivity contribution in [2.45, 2.75) is 5.41 Å². The van der Waals surface area contributed by atoms with Gasteiger partial charge in [-0.3, -0.25) is 9.59 Å². The van der Waals surface area contributed by atoms with Crippen LogP contribution in [0, 0.1) is 5.82 Å². The van der Waals surface area contributed by atoms with Crippen molar-refractivity contribution in [2.75, 3.05) is 0 Å². The largest absolute Gasteiger partial charge is 0.292 e. The molecule has 4 aromatic rings. The van der Waals surface area contributed by atoms with Crippen LogP contribution >= 0.6 is 0 Å². The lowest BCUT2D eigenvalue weighted by atomic mass is 9.70. The molecule has 0 unspecified atom stereocenters. The SMILES string of the molecule is O=C1c2ccc(F)cc2C(=O)[C@]12C(c1ccccc1)=C(c1ccccc1)c1ccccc12. The van der Waals surface area contributed by atoms with Crippen LogP contribution in [0.4, 0.5) is 4.39 Å².